The number of imidazole rings is 1. The Labute approximate surface area is 133 Å². The van der Waals surface area contributed by atoms with E-state index in [2.05, 4.69) is 9.55 Å². The molecular formula is C16H17ClN2O3. The van der Waals surface area contributed by atoms with Gasteiger partial charge in [0.25, 0.3) is 0 Å². The highest BCUT2D eigenvalue weighted by atomic mass is 35.5. The summed E-state index contributed by atoms with van der Waals surface area (Å²) in [6.07, 6.45) is 3.15. The van der Waals surface area contributed by atoms with Crippen molar-refractivity contribution in [2.45, 2.75) is 37.8 Å². The Bertz CT molecular complexity index is 719. The third-order valence-corrected chi connectivity index (χ3v) is 4.47. The van der Waals surface area contributed by atoms with Gasteiger partial charge in [0.2, 0.25) is 0 Å². The minimum atomic E-state index is -0.134. The molecule has 1 aromatic carbocycles. The summed E-state index contributed by atoms with van der Waals surface area (Å²) in [5.74, 6) is 1.69. The van der Waals surface area contributed by atoms with Crippen LogP contribution in [0.4, 0.5) is 0 Å². The van der Waals surface area contributed by atoms with E-state index in [1.807, 2.05) is 12.1 Å². The molecular weight excluding hydrogens is 304 g/mol. The number of hydrogen-bond donors (Lipinski definition) is 0. The molecule has 5 nitrogen and oxygen atoms in total. The molecule has 1 unspecified atom stereocenters. The minimum Gasteiger partial charge on any atom is -0.426 e. The summed E-state index contributed by atoms with van der Waals surface area (Å²) in [6.45, 7) is 1.55. The molecule has 2 aliphatic rings. The van der Waals surface area contributed by atoms with Crippen LogP contribution >= 0.6 is 11.6 Å². The van der Waals surface area contributed by atoms with Crippen LogP contribution in [0.3, 0.4) is 0 Å². The van der Waals surface area contributed by atoms with Crippen LogP contribution in [0.15, 0.2) is 18.2 Å². The Morgan fingerprint density at radius 2 is 2.23 bits per heavy atom. The van der Waals surface area contributed by atoms with Crippen LogP contribution in [0.2, 0.25) is 0 Å². The topological polar surface area (TPSA) is 53.3 Å². The van der Waals surface area contributed by atoms with Gasteiger partial charge in [0, 0.05) is 12.7 Å². The molecule has 0 N–H and O–H groups in total. The molecule has 22 heavy (non-hydrogen) atoms. The Morgan fingerprint density at radius 1 is 1.41 bits per heavy atom. The number of nitrogens with zero attached hydrogens (tertiary/aromatic N) is 2. The summed E-state index contributed by atoms with van der Waals surface area (Å²) in [5.41, 5.74) is 1.80. The van der Waals surface area contributed by atoms with Gasteiger partial charge in [0.05, 0.1) is 35.5 Å². The van der Waals surface area contributed by atoms with Crippen LogP contribution in [0.25, 0.3) is 11.0 Å². The van der Waals surface area contributed by atoms with E-state index < -0.39 is 0 Å². The van der Waals surface area contributed by atoms with Crippen LogP contribution < -0.4 is 4.74 Å². The molecule has 0 radical (unpaired) electrons. The van der Waals surface area contributed by atoms with E-state index >= 15 is 0 Å². The fourth-order valence-electron chi connectivity index (χ4n) is 2.67. The molecule has 1 saturated carbocycles. The standard InChI is InChI=1S/C16H17ClN2O3/c17-8-15-18-13-4-3-11(22-16(20)10-1-2-10)7-14(13)19(15)9-12-5-6-21-12/h3-4,7,10,12H,1-2,5-6,8-9H2. The molecule has 1 saturated heterocycles. The molecule has 1 aromatic heterocycles. The molecule has 2 fully saturated rings. The molecule has 1 atom stereocenters. The highest BCUT2D eigenvalue weighted by Gasteiger charge is 2.31. The van der Waals surface area contributed by atoms with Crippen molar-refractivity contribution in [1.82, 2.24) is 9.55 Å². The lowest BCUT2D eigenvalue weighted by Crippen LogP contribution is -2.31. The van der Waals surface area contributed by atoms with Crippen molar-refractivity contribution in [3.63, 3.8) is 0 Å². The van der Waals surface area contributed by atoms with E-state index in [-0.39, 0.29) is 18.0 Å². The number of alkyl halides is 1. The first-order chi connectivity index (χ1) is 10.7. The predicted molar refractivity (Wildman–Crippen MR) is 82.0 cm³/mol. The first-order valence-electron chi connectivity index (χ1n) is 7.63. The van der Waals surface area contributed by atoms with E-state index in [1.54, 1.807) is 6.07 Å². The van der Waals surface area contributed by atoms with Gasteiger partial charge in [-0.25, -0.2) is 4.98 Å². The number of aromatic nitrogens is 2. The number of carbonyl (C=O) groups excluding carboxylic acids is 1. The van der Waals surface area contributed by atoms with E-state index in [1.165, 1.54) is 0 Å². The largest absolute Gasteiger partial charge is 0.426 e. The van der Waals surface area contributed by atoms with Crippen LogP contribution in [-0.2, 0) is 22.0 Å². The van der Waals surface area contributed by atoms with Gasteiger partial charge in [0.1, 0.15) is 11.6 Å². The monoisotopic (exact) mass is 320 g/mol. The van der Waals surface area contributed by atoms with Gasteiger partial charge in [-0.1, -0.05) is 0 Å². The summed E-state index contributed by atoms with van der Waals surface area (Å²) in [5, 5.41) is 0. The molecule has 1 aliphatic heterocycles. The Balaban J connectivity index is 1.66. The van der Waals surface area contributed by atoms with Crippen molar-refractivity contribution < 1.29 is 14.3 Å². The van der Waals surface area contributed by atoms with Crippen molar-refractivity contribution in [2.24, 2.45) is 5.92 Å². The third-order valence-electron chi connectivity index (χ3n) is 4.23. The number of benzene rings is 1. The molecule has 4 rings (SSSR count). The number of esters is 1. The minimum absolute atomic E-state index is 0.0855. The zero-order valence-electron chi connectivity index (χ0n) is 12.1. The van der Waals surface area contributed by atoms with E-state index in [4.69, 9.17) is 21.1 Å². The zero-order chi connectivity index (χ0) is 15.1. The molecule has 116 valence electrons. The second kappa shape index (κ2) is 5.56. The van der Waals surface area contributed by atoms with Gasteiger partial charge in [-0.2, -0.15) is 0 Å². The highest BCUT2D eigenvalue weighted by molar-refractivity contribution is 6.16. The van der Waals surface area contributed by atoms with Crippen molar-refractivity contribution in [3.05, 3.63) is 24.0 Å². The fourth-order valence-corrected chi connectivity index (χ4v) is 2.88. The average molecular weight is 321 g/mol. The van der Waals surface area contributed by atoms with Crippen LogP contribution in [0.5, 0.6) is 5.75 Å². The average Bonchev–Trinajstić information content (AvgIpc) is 3.26. The molecule has 0 spiro atoms. The number of hydrogen-bond acceptors (Lipinski definition) is 4. The second-order valence-corrected chi connectivity index (χ2v) is 6.17. The Morgan fingerprint density at radius 3 is 2.86 bits per heavy atom. The summed E-state index contributed by atoms with van der Waals surface area (Å²) in [7, 11) is 0. The maximum atomic E-state index is 11.8. The summed E-state index contributed by atoms with van der Waals surface area (Å²) < 4.78 is 13.0. The summed E-state index contributed by atoms with van der Waals surface area (Å²) >= 11 is 6.01. The molecule has 0 bridgehead atoms. The second-order valence-electron chi connectivity index (χ2n) is 5.90. The van der Waals surface area contributed by atoms with Crippen LogP contribution in [0.1, 0.15) is 25.1 Å². The first-order valence-corrected chi connectivity index (χ1v) is 8.16. The van der Waals surface area contributed by atoms with Crippen molar-refractivity contribution in [3.8, 4) is 5.75 Å². The lowest BCUT2D eigenvalue weighted by Gasteiger charge is -2.27. The predicted octanol–water partition coefficient (Wildman–Crippen LogP) is 2.88. The zero-order valence-corrected chi connectivity index (χ0v) is 12.9. The van der Waals surface area contributed by atoms with Crippen molar-refractivity contribution in [1.29, 1.82) is 0 Å². The molecule has 0 amide bonds. The number of ether oxygens (including phenoxy) is 2. The van der Waals surface area contributed by atoms with Crippen molar-refractivity contribution in [2.75, 3.05) is 6.61 Å². The molecule has 6 heteroatoms. The number of carbonyl (C=O) groups is 1. The maximum absolute atomic E-state index is 11.8. The highest BCUT2D eigenvalue weighted by Crippen LogP contribution is 2.32. The van der Waals surface area contributed by atoms with Gasteiger partial charge in [-0.05, 0) is 31.4 Å². The molecule has 2 aromatic rings. The Kier molecular flexibility index (Phi) is 3.54. The van der Waals surface area contributed by atoms with Gasteiger partial charge < -0.3 is 14.0 Å². The van der Waals surface area contributed by atoms with Crippen LogP contribution in [0, 0.1) is 5.92 Å². The lowest BCUT2D eigenvalue weighted by atomic mass is 10.2. The lowest BCUT2D eigenvalue weighted by molar-refractivity contribution is -0.135. The molecule has 1 aliphatic carbocycles. The van der Waals surface area contributed by atoms with Gasteiger partial charge >= 0.3 is 5.97 Å². The molecule has 2 heterocycles. The SMILES string of the molecule is O=C(Oc1ccc2nc(CCl)n(CC3CCO3)c2c1)C1CC1. The maximum Gasteiger partial charge on any atom is 0.314 e. The quantitative estimate of drug-likeness (QED) is 0.483. The summed E-state index contributed by atoms with van der Waals surface area (Å²) in [4.78, 5) is 16.3. The summed E-state index contributed by atoms with van der Waals surface area (Å²) in [6, 6.07) is 5.54. The normalized spacial score (nSPS) is 20.9. The first kappa shape index (κ1) is 14.0. The van der Waals surface area contributed by atoms with Gasteiger partial charge in [-0.15, -0.1) is 11.6 Å². The van der Waals surface area contributed by atoms with Crippen molar-refractivity contribution >= 4 is 28.6 Å². The van der Waals surface area contributed by atoms with Gasteiger partial charge in [-0.3, -0.25) is 4.79 Å². The number of halogens is 1. The van der Waals surface area contributed by atoms with E-state index in [9.17, 15) is 4.79 Å². The Hall–Kier alpha value is -1.59. The van der Waals surface area contributed by atoms with Gasteiger partial charge in [0.15, 0.2) is 0 Å². The smallest absolute Gasteiger partial charge is 0.314 e. The van der Waals surface area contributed by atoms with Crippen LogP contribution in [-0.4, -0.2) is 28.2 Å². The van der Waals surface area contributed by atoms with E-state index in [0.717, 1.165) is 49.3 Å². The number of fused-ring (bicyclic) bond motifs is 1. The van der Waals surface area contributed by atoms with E-state index in [0.29, 0.717) is 11.6 Å². The fraction of sp³-hybridized carbons (Fsp3) is 0.500. The number of rotatable bonds is 5. The third kappa shape index (κ3) is 2.59.